The smallest absolute Gasteiger partial charge is 0.315 e. The number of hydrogen-bond acceptors (Lipinski definition) is 4. The van der Waals surface area contributed by atoms with Gasteiger partial charge in [-0.25, -0.2) is 9.78 Å². The predicted octanol–water partition coefficient (Wildman–Crippen LogP) is 2.84. The topological polar surface area (TPSA) is 72.5 Å². The minimum Gasteiger partial charge on any atom is -0.496 e. The largest absolute Gasteiger partial charge is 0.496 e. The minimum atomic E-state index is -0.224. The molecule has 2 aromatic rings. The van der Waals surface area contributed by atoms with Crippen LogP contribution in [0.25, 0.3) is 0 Å². The fourth-order valence-corrected chi connectivity index (χ4v) is 2.48. The van der Waals surface area contributed by atoms with Crippen molar-refractivity contribution in [2.75, 3.05) is 20.3 Å². The normalized spacial score (nSPS) is 10.2. The molecule has 1 aromatic carbocycles. The van der Waals surface area contributed by atoms with Gasteiger partial charge in [-0.2, -0.15) is 0 Å². The van der Waals surface area contributed by atoms with E-state index in [4.69, 9.17) is 9.47 Å². The van der Waals surface area contributed by atoms with Crippen molar-refractivity contribution in [3.63, 3.8) is 0 Å². The maximum absolute atomic E-state index is 12.0. The summed E-state index contributed by atoms with van der Waals surface area (Å²) in [4.78, 5) is 16.2. The molecule has 6 nitrogen and oxygen atoms in total. The molecule has 0 aliphatic rings. The fraction of sp³-hybridized carbons (Fsp3) is 0.368. The van der Waals surface area contributed by atoms with Gasteiger partial charge in [0.25, 0.3) is 0 Å². The number of amides is 2. The molecule has 2 rings (SSSR count). The Morgan fingerprint density at radius 3 is 2.80 bits per heavy atom. The lowest BCUT2D eigenvalue weighted by atomic mass is 10.1. The Hall–Kier alpha value is -2.76. The summed E-state index contributed by atoms with van der Waals surface area (Å²) >= 11 is 0. The second-order valence-corrected chi connectivity index (χ2v) is 5.58. The summed E-state index contributed by atoms with van der Waals surface area (Å²) in [6, 6.07) is 9.51. The highest BCUT2D eigenvalue weighted by molar-refractivity contribution is 5.73. The van der Waals surface area contributed by atoms with Crippen LogP contribution in [0.1, 0.15) is 23.6 Å². The molecule has 0 spiro atoms. The van der Waals surface area contributed by atoms with Crippen LogP contribution in [0.5, 0.6) is 11.6 Å². The Kier molecular flexibility index (Phi) is 7.07. The standard InChI is InChI=1S/C19H25N3O3/c1-4-25-18-16(6-5-10-20-18)13-22-19(23)21-11-9-15-12-14(2)7-8-17(15)24-3/h5-8,10,12H,4,9,11,13H2,1-3H3,(H2,21,22,23). The summed E-state index contributed by atoms with van der Waals surface area (Å²) in [5.41, 5.74) is 3.09. The van der Waals surface area contributed by atoms with E-state index in [0.29, 0.717) is 32.0 Å². The van der Waals surface area contributed by atoms with Crippen molar-refractivity contribution in [2.24, 2.45) is 0 Å². The number of methoxy groups -OCH3 is 1. The highest BCUT2D eigenvalue weighted by Crippen LogP contribution is 2.19. The number of nitrogens with zero attached hydrogens (tertiary/aromatic N) is 1. The number of pyridine rings is 1. The zero-order valence-electron chi connectivity index (χ0n) is 15.0. The van der Waals surface area contributed by atoms with Crippen molar-refractivity contribution < 1.29 is 14.3 Å². The number of ether oxygens (including phenoxy) is 2. The van der Waals surface area contributed by atoms with Gasteiger partial charge in [-0.05, 0) is 38.0 Å². The van der Waals surface area contributed by atoms with E-state index >= 15 is 0 Å². The average Bonchev–Trinajstić information content (AvgIpc) is 2.61. The summed E-state index contributed by atoms with van der Waals surface area (Å²) in [5, 5.41) is 5.68. The maximum Gasteiger partial charge on any atom is 0.315 e. The molecular formula is C19H25N3O3. The van der Waals surface area contributed by atoms with E-state index in [0.717, 1.165) is 16.9 Å². The van der Waals surface area contributed by atoms with Gasteiger partial charge in [-0.1, -0.05) is 23.8 Å². The molecule has 2 amide bonds. The van der Waals surface area contributed by atoms with Crippen LogP contribution in [0.15, 0.2) is 36.5 Å². The number of carbonyl (C=O) groups is 1. The first kappa shape index (κ1) is 18.6. The molecule has 0 aliphatic heterocycles. The summed E-state index contributed by atoms with van der Waals surface area (Å²) < 4.78 is 10.8. The summed E-state index contributed by atoms with van der Waals surface area (Å²) in [5.74, 6) is 1.39. The monoisotopic (exact) mass is 343 g/mol. The third kappa shape index (κ3) is 5.67. The summed E-state index contributed by atoms with van der Waals surface area (Å²) in [7, 11) is 1.65. The highest BCUT2D eigenvalue weighted by Gasteiger charge is 2.07. The Morgan fingerprint density at radius 2 is 2.04 bits per heavy atom. The van der Waals surface area contributed by atoms with Crippen molar-refractivity contribution in [1.29, 1.82) is 0 Å². The van der Waals surface area contributed by atoms with Crippen LogP contribution in [0.3, 0.4) is 0 Å². The Bertz CT molecular complexity index is 704. The van der Waals surface area contributed by atoms with Crippen LogP contribution < -0.4 is 20.1 Å². The molecule has 6 heteroatoms. The van der Waals surface area contributed by atoms with Gasteiger partial charge in [0.2, 0.25) is 5.88 Å². The van der Waals surface area contributed by atoms with Crippen LogP contribution in [0.2, 0.25) is 0 Å². The highest BCUT2D eigenvalue weighted by atomic mass is 16.5. The Morgan fingerprint density at radius 1 is 1.20 bits per heavy atom. The number of hydrogen-bond donors (Lipinski definition) is 2. The molecular weight excluding hydrogens is 318 g/mol. The number of rotatable bonds is 8. The first-order chi connectivity index (χ1) is 12.1. The number of urea groups is 1. The molecule has 1 aromatic heterocycles. The fourth-order valence-electron chi connectivity index (χ4n) is 2.48. The van der Waals surface area contributed by atoms with Gasteiger partial charge in [-0.3, -0.25) is 0 Å². The van der Waals surface area contributed by atoms with Crippen LogP contribution in [-0.2, 0) is 13.0 Å². The molecule has 0 saturated carbocycles. The summed E-state index contributed by atoms with van der Waals surface area (Å²) in [6.45, 7) is 5.36. The SMILES string of the molecule is CCOc1ncccc1CNC(=O)NCCc1cc(C)ccc1OC. The van der Waals surface area contributed by atoms with E-state index in [2.05, 4.69) is 21.7 Å². The average molecular weight is 343 g/mol. The van der Waals surface area contributed by atoms with Crippen molar-refractivity contribution in [3.8, 4) is 11.6 Å². The number of carbonyl (C=O) groups excluding carboxylic acids is 1. The van der Waals surface area contributed by atoms with Crippen molar-refractivity contribution >= 4 is 6.03 Å². The van der Waals surface area contributed by atoms with E-state index in [1.165, 1.54) is 5.56 Å². The number of benzene rings is 1. The van der Waals surface area contributed by atoms with Crippen LogP contribution in [-0.4, -0.2) is 31.3 Å². The van der Waals surface area contributed by atoms with E-state index in [-0.39, 0.29) is 6.03 Å². The minimum absolute atomic E-state index is 0.224. The first-order valence-corrected chi connectivity index (χ1v) is 8.36. The van der Waals surface area contributed by atoms with Gasteiger partial charge in [0, 0.05) is 24.8 Å². The lowest BCUT2D eigenvalue weighted by molar-refractivity contribution is 0.240. The molecule has 0 aliphatic carbocycles. The lowest BCUT2D eigenvalue weighted by Gasteiger charge is -2.12. The van der Waals surface area contributed by atoms with Crippen LogP contribution in [0.4, 0.5) is 4.79 Å². The van der Waals surface area contributed by atoms with Gasteiger partial charge in [0.05, 0.1) is 13.7 Å². The third-order valence-electron chi connectivity index (χ3n) is 3.69. The van der Waals surface area contributed by atoms with Gasteiger partial charge in [0.15, 0.2) is 0 Å². The molecule has 0 fully saturated rings. The molecule has 0 saturated heterocycles. The van der Waals surface area contributed by atoms with E-state index in [9.17, 15) is 4.79 Å². The molecule has 134 valence electrons. The Balaban J connectivity index is 1.81. The third-order valence-corrected chi connectivity index (χ3v) is 3.69. The van der Waals surface area contributed by atoms with Crippen LogP contribution in [0, 0.1) is 6.92 Å². The number of nitrogens with one attached hydrogen (secondary N) is 2. The van der Waals surface area contributed by atoms with E-state index in [1.807, 2.05) is 38.1 Å². The number of aromatic nitrogens is 1. The molecule has 0 bridgehead atoms. The van der Waals surface area contributed by atoms with Gasteiger partial charge in [0.1, 0.15) is 5.75 Å². The lowest BCUT2D eigenvalue weighted by Crippen LogP contribution is -2.36. The van der Waals surface area contributed by atoms with Crippen LogP contribution >= 0.6 is 0 Å². The number of aryl methyl sites for hydroxylation is 1. The predicted molar refractivity (Wildman–Crippen MR) is 97.1 cm³/mol. The molecule has 1 heterocycles. The first-order valence-electron chi connectivity index (χ1n) is 8.36. The second kappa shape index (κ2) is 9.52. The van der Waals surface area contributed by atoms with Gasteiger partial charge in [-0.15, -0.1) is 0 Å². The summed E-state index contributed by atoms with van der Waals surface area (Å²) in [6.07, 6.45) is 2.37. The molecule has 0 atom stereocenters. The maximum atomic E-state index is 12.0. The molecule has 25 heavy (non-hydrogen) atoms. The Labute approximate surface area is 148 Å². The van der Waals surface area contributed by atoms with Gasteiger partial charge < -0.3 is 20.1 Å². The molecule has 0 unspecified atom stereocenters. The second-order valence-electron chi connectivity index (χ2n) is 5.58. The van der Waals surface area contributed by atoms with Crippen molar-refractivity contribution in [1.82, 2.24) is 15.6 Å². The van der Waals surface area contributed by atoms with E-state index in [1.54, 1.807) is 13.3 Å². The molecule has 2 N–H and O–H groups in total. The quantitative estimate of drug-likeness (QED) is 0.773. The zero-order chi connectivity index (χ0) is 18.1. The van der Waals surface area contributed by atoms with Crippen molar-refractivity contribution in [3.05, 3.63) is 53.2 Å². The van der Waals surface area contributed by atoms with Crippen molar-refractivity contribution in [2.45, 2.75) is 26.8 Å². The van der Waals surface area contributed by atoms with E-state index < -0.39 is 0 Å². The van der Waals surface area contributed by atoms with Gasteiger partial charge >= 0.3 is 6.03 Å². The zero-order valence-corrected chi connectivity index (χ0v) is 15.0. The molecule has 0 radical (unpaired) electrons.